The topological polar surface area (TPSA) is 88.3 Å². The van der Waals surface area contributed by atoms with E-state index in [-0.39, 0.29) is 24.3 Å². The molecule has 94 valence electrons. The highest BCUT2D eigenvalue weighted by Gasteiger charge is 2.15. The molecule has 0 unspecified atom stereocenters. The number of aromatic nitrogens is 1. The number of nitrogens with one attached hydrogen (secondary N) is 1. The van der Waals surface area contributed by atoms with Crippen LogP contribution in [-0.2, 0) is 0 Å². The van der Waals surface area contributed by atoms with Gasteiger partial charge in [-0.25, -0.2) is 4.98 Å². The lowest BCUT2D eigenvalue weighted by atomic mass is 10.1. The minimum absolute atomic E-state index is 0.00419. The van der Waals surface area contributed by atoms with Gasteiger partial charge in [-0.15, -0.1) is 0 Å². The van der Waals surface area contributed by atoms with Crippen LogP contribution in [-0.4, -0.2) is 27.7 Å². The van der Waals surface area contributed by atoms with Crippen LogP contribution in [0.3, 0.4) is 0 Å². The molecule has 1 aromatic heterocycles. The molecule has 6 heteroatoms. The first-order valence-corrected chi connectivity index (χ1v) is 5.44. The summed E-state index contributed by atoms with van der Waals surface area (Å²) < 4.78 is 0. The van der Waals surface area contributed by atoms with E-state index in [1.165, 1.54) is 12.3 Å². The summed E-state index contributed by atoms with van der Waals surface area (Å²) in [6.45, 7) is 5.70. The van der Waals surface area contributed by atoms with Crippen molar-refractivity contribution in [1.29, 1.82) is 0 Å². The number of hydrogen-bond donors (Lipinski definition) is 2. The number of anilines is 1. The zero-order chi connectivity index (χ0) is 13.0. The number of aliphatic hydroxyl groups is 1. The van der Waals surface area contributed by atoms with Gasteiger partial charge in [-0.3, -0.25) is 10.1 Å². The first-order valence-electron chi connectivity index (χ1n) is 5.44. The van der Waals surface area contributed by atoms with Crippen molar-refractivity contribution in [2.75, 3.05) is 11.9 Å². The van der Waals surface area contributed by atoms with Gasteiger partial charge in [0.15, 0.2) is 0 Å². The highest BCUT2D eigenvalue weighted by Crippen LogP contribution is 2.19. The van der Waals surface area contributed by atoms with Crippen molar-refractivity contribution in [3.63, 3.8) is 0 Å². The van der Waals surface area contributed by atoms with E-state index < -0.39 is 4.92 Å². The van der Waals surface area contributed by atoms with E-state index >= 15 is 0 Å². The van der Waals surface area contributed by atoms with Gasteiger partial charge in [0.05, 0.1) is 17.6 Å². The second kappa shape index (κ2) is 5.58. The second-order valence-electron chi connectivity index (χ2n) is 4.29. The largest absolute Gasteiger partial charge is 0.394 e. The zero-order valence-corrected chi connectivity index (χ0v) is 10.2. The zero-order valence-electron chi connectivity index (χ0n) is 10.2. The predicted octanol–water partition coefficient (Wildman–Crippen LogP) is 1.73. The fourth-order valence-corrected chi connectivity index (χ4v) is 1.41. The molecule has 0 radical (unpaired) electrons. The van der Waals surface area contributed by atoms with Gasteiger partial charge in [-0.05, 0) is 18.4 Å². The van der Waals surface area contributed by atoms with E-state index in [0.29, 0.717) is 11.4 Å². The van der Waals surface area contributed by atoms with Crippen LogP contribution >= 0.6 is 0 Å². The Morgan fingerprint density at radius 1 is 1.59 bits per heavy atom. The van der Waals surface area contributed by atoms with Crippen LogP contribution in [0.2, 0.25) is 0 Å². The SMILES string of the molecule is Cc1cc([N+](=O)[O-])cnc1N[C@H](CO)C(C)C. The lowest BCUT2D eigenvalue weighted by Gasteiger charge is -2.21. The third kappa shape index (κ3) is 3.39. The molecule has 1 heterocycles. The van der Waals surface area contributed by atoms with E-state index in [0.717, 1.165) is 0 Å². The van der Waals surface area contributed by atoms with Gasteiger partial charge < -0.3 is 10.4 Å². The van der Waals surface area contributed by atoms with E-state index in [1.807, 2.05) is 13.8 Å². The summed E-state index contributed by atoms with van der Waals surface area (Å²) in [7, 11) is 0. The number of nitro groups is 1. The van der Waals surface area contributed by atoms with Crippen molar-refractivity contribution >= 4 is 11.5 Å². The number of aryl methyl sites for hydroxylation is 1. The molecule has 1 aromatic rings. The second-order valence-corrected chi connectivity index (χ2v) is 4.29. The average Bonchev–Trinajstić information content (AvgIpc) is 2.26. The molecule has 0 aliphatic rings. The minimum atomic E-state index is -0.476. The molecule has 1 rings (SSSR count). The summed E-state index contributed by atoms with van der Waals surface area (Å²) in [5.74, 6) is 0.819. The summed E-state index contributed by atoms with van der Waals surface area (Å²) in [4.78, 5) is 14.1. The fraction of sp³-hybridized carbons (Fsp3) is 0.545. The average molecular weight is 239 g/mol. The van der Waals surface area contributed by atoms with Crippen LogP contribution in [0, 0.1) is 23.0 Å². The molecule has 0 saturated heterocycles. The van der Waals surface area contributed by atoms with Crippen LogP contribution in [0.1, 0.15) is 19.4 Å². The Labute approximate surface area is 99.8 Å². The Morgan fingerprint density at radius 2 is 2.24 bits per heavy atom. The van der Waals surface area contributed by atoms with Crippen LogP contribution in [0.15, 0.2) is 12.3 Å². The maximum Gasteiger partial charge on any atom is 0.287 e. The summed E-state index contributed by atoms with van der Waals surface area (Å²) in [5, 5.41) is 22.8. The molecular weight excluding hydrogens is 222 g/mol. The molecule has 0 aliphatic heterocycles. The smallest absolute Gasteiger partial charge is 0.287 e. The van der Waals surface area contributed by atoms with E-state index in [1.54, 1.807) is 6.92 Å². The molecule has 0 bridgehead atoms. The first-order chi connectivity index (χ1) is 7.95. The number of hydrogen-bond acceptors (Lipinski definition) is 5. The van der Waals surface area contributed by atoms with Gasteiger partial charge in [0, 0.05) is 6.07 Å². The van der Waals surface area contributed by atoms with Crippen molar-refractivity contribution in [2.24, 2.45) is 5.92 Å². The van der Waals surface area contributed by atoms with Gasteiger partial charge in [0.25, 0.3) is 5.69 Å². The lowest BCUT2D eigenvalue weighted by molar-refractivity contribution is -0.385. The predicted molar refractivity (Wildman–Crippen MR) is 65.0 cm³/mol. The number of aliphatic hydroxyl groups excluding tert-OH is 1. The maximum absolute atomic E-state index is 10.6. The van der Waals surface area contributed by atoms with Crippen LogP contribution in [0.25, 0.3) is 0 Å². The molecule has 1 atom stereocenters. The molecular formula is C11H17N3O3. The summed E-state index contributed by atoms with van der Waals surface area (Å²) >= 11 is 0. The molecule has 2 N–H and O–H groups in total. The van der Waals surface area contributed by atoms with Crippen molar-refractivity contribution in [3.8, 4) is 0 Å². The Bertz CT molecular complexity index is 407. The molecule has 17 heavy (non-hydrogen) atoms. The molecule has 6 nitrogen and oxygen atoms in total. The van der Waals surface area contributed by atoms with Crippen LogP contribution < -0.4 is 5.32 Å². The van der Waals surface area contributed by atoms with Crippen LogP contribution in [0.5, 0.6) is 0 Å². The van der Waals surface area contributed by atoms with Gasteiger partial charge in [0.1, 0.15) is 12.0 Å². The Kier molecular flexibility index (Phi) is 4.39. The molecule has 0 aliphatic carbocycles. The Hall–Kier alpha value is -1.69. The highest BCUT2D eigenvalue weighted by molar-refractivity contribution is 5.48. The van der Waals surface area contributed by atoms with E-state index in [9.17, 15) is 15.2 Å². The first kappa shape index (κ1) is 13.4. The monoisotopic (exact) mass is 239 g/mol. The maximum atomic E-state index is 10.6. The fourth-order valence-electron chi connectivity index (χ4n) is 1.41. The standard InChI is InChI=1S/C11H17N3O3/c1-7(2)10(6-15)13-11-8(3)4-9(5-12-11)14(16)17/h4-5,7,10,15H,6H2,1-3H3,(H,12,13)/t10-/m1/s1. The number of nitrogens with zero attached hydrogens (tertiary/aromatic N) is 2. The molecule has 0 amide bonds. The van der Waals surface area contributed by atoms with Crippen LogP contribution in [0.4, 0.5) is 11.5 Å². The van der Waals surface area contributed by atoms with E-state index in [4.69, 9.17) is 0 Å². The third-order valence-electron chi connectivity index (χ3n) is 2.60. The minimum Gasteiger partial charge on any atom is -0.394 e. The summed E-state index contributed by atoms with van der Waals surface area (Å²) in [6, 6.07) is 1.35. The van der Waals surface area contributed by atoms with Gasteiger partial charge in [0.2, 0.25) is 0 Å². The third-order valence-corrected chi connectivity index (χ3v) is 2.60. The molecule has 0 aromatic carbocycles. The quantitative estimate of drug-likeness (QED) is 0.603. The van der Waals surface area contributed by atoms with Gasteiger partial charge in [-0.2, -0.15) is 0 Å². The van der Waals surface area contributed by atoms with Crippen molar-refractivity contribution < 1.29 is 10.0 Å². The summed E-state index contributed by atoms with van der Waals surface area (Å²) in [5.41, 5.74) is 0.663. The summed E-state index contributed by atoms with van der Waals surface area (Å²) in [6.07, 6.45) is 1.21. The number of pyridine rings is 1. The molecule has 0 saturated carbocycles. The molecule has 0 spiro atoms. The van der Waals surface area contributed by atoms with Crippen molar-refractivity contribution in [1.82, 2.24) is 4.98 Å². The van der Waals surface area contributed by atoms with Gasteiger partial charge in [-0.1, -0.05) is 13.8 Å². The Morgan fingerprint density at radius 3 is 2.65 bits per heavy atom. The Balaban J connectivity index is 2.89. The molecule has 0 fully saturated rings. The highest BCUT2D eigenvalue weighted by atomic mass is 16.6. The van der Waals surface area contributed by atoms with Crippen molar-refractivity contribution in [2.45, 2.75) is 26.8 Å². The van der Waals surface area contributed by atoms with E-state index in [2.05, 4.69) is 10.3 Å². The normalized spacial score (nSPS) is 12.5. The number of rotatable bonds is 5. The van der Waals surface area contributed by atoms with Gasteiger partial charge >= 0.3 is 0 Å². The van der Waals surface area contributed by atoms with Crippen molar-refractivity contribution in [3.05, 3.63) is 27.9 Å². The lowest BCUT2D eigenvalue weighted by Crippen LogP contribution is -2.30.